The second-order valence-electron chi connectivity index (χ2n) is 12.3. The summed E-state index contributed by atoms with van der Waals surface area (Å²) >= 11 is 0. The Hall–Kier alpha value is -5.36. The third-order valence-corrected chi connectivity index (χ3v) is 9.14. The van der Waals surface area contributed by atoms with Gasteiger partial charge in [0.15, 0.2) is 11.6 Å². The number of aliphatic carboxylic acids is 2. The van der Waals surface area contributed by atoms with Crippen LogP contribution in [-0.4, -0.2) is 33.7 Å². The van der Waals surface area contributed by atoms with Crippen LogP contribution in [0.1, 0.15) is 70.8 Å². The molecule has 0 aliphatic carbocycles. The molecule has 0 radical (unpaired) electrons. The average Bonchev–Trinajstić information content (AvgIpc) is 3.08. The number of rotatable bonds is 14. The molecule has 6 nitrogen and oxygen atoms in total. The predicted molar refractivity (Wildman–Crippen MR) is 190 cm³/mol. The summed E-state index contributed by atoms with van der Waals surface area (Å²) in [6.45, 7) is 10.3. The number of hydrogen-bond donors (Lipinski definition) is 2. The van der Waals surface area contributed by atoms with E-state index in [-0.39, 0.29) is 24.4 Å². The monoisotopic (exact) mass is 642 g/mol. The van der Waals surface area contributed by atoms with Crippen LogP contribution in [0.3, 0.4) is 0 Å². The van der Waals surface area contributed by atoms with Crippen LogP contribution in [0.25, 0.3) is 11.1 Å². The normalized spacial score (nSPS) is 11.7. The summed E-state index contributed by atoms with van der Waals surface area (Å²) in [7, 11) is 0. The lowest BCUT2D eigenvalue weighted by molar-refractivity contribution is -0.132. The van der Waals surface area contributed by atoms with Crippen molar-refractivity contribution in [1.82, 2.24) is 0 Å². The first-order valence-electron chi connectivity index (χ1n) is 16.2. The van der Waals surface area contributed by atoms with Crippen LogP contribution >= 0.6 is 0 Å². The minimum absolute atomic E-state index is 0.111. The van der Waals surface area contributed by atoms with Gasteiger partial charge in [-0.1, -0.05) is 92.7 Å². The van der Waals surface area contributed by atoms with E-state index in [1.54, 1.807) is 0 Å². The zero-order chi connectivity index (χ0) is 35.0. The molecule has 0 saturated carbocycles. The third-order valence-electron chi connectivity index (χ3n) is 9.14. The van der Waals surface area contributed by atoms with E-state index in [2.05, 4.69) is 81.4 Å². The van der Waals surface area contributed by atoms with Gasteiger partial charge in [0.25, 0.3) is 0 Å². The molecule has 0 amide bonds. The highest BCUT2D eigenvalue weighted by atomic mass is 16.4. The van der Waals surface area contributed by atoms with E-state index in [1.807, 2.05) is 32.0 Å². The van der Waals surface area contributed by atoms with E-state index < -0.39 is 17.4 Å². The smallest absolute Gasteiger partial charge is 0.328 e. The molecule has 0 aromatic heterocycles. The van der Waals surface area contributed by atoms with Crippen LogP contribution in [0.4, 0.5) is 0 Å². The lowest BCUT2D eigenvalue weighted by Gasteiger charge is -2.34. The van der Waals surface area contributed by atoms with E-state index in [9.17, 15) is 19.2 Å². The zero-order valence-electron chi connectivity index (χ0n) is 28.2. The number of ketones is 2. The quantitative estimate of drug-likeness (QED) is 0.107. The van der Waals surface area contributed by atoms with Crippen LogP contribution in [0.5, 0.6) is 0 Å². The van der Waals surface area contributed by atoms with E-state index in [0.717, 1.165) is 85.5 Å². The van der Waals surface area contributed by atoms with Gasteiger partial charge >= 0.3 is 11.9 Å². The number of carboxylic acids is 2. The van der Waals surface area contributed by atoms with Crippen molar-refractivity contribution in [2.75, 3.05) is 0 Å². The molecule has 4 aromatic carbocycles. The summed E-state index contributed by atoms with van der Waals surface area (Å²) < 4.78 is 0. The van der Waals surface area contributed by atoms with Gasteiger partial charge in [0.05, 0.1) is 0 Å². The largest absolute Gasteiger partial charge is 0.478 e. The summed E-state index contributed by atoms with van der Waals surface area (Å²) in [6.07, 6.45) is 5.58. The van der Waals surface area contributed by atoms with Crippen molar-refractivity contribution in [1.29, 1.82) is 0 Å². The Morgan fingerprint density at radius 1 is 0.583 bits per heavy atom. The summed E-state index contributed by atoms with van der Waals surface area (Å²) in [5, 5.41) is 18.0. The van der Waals surface area contributed by atoms with Gasteiger partial charge in [-0.25, -0.2) is 9.59 Å². The molecular weight excluding hydrogens is 600 g/mol. The van der Waals surface area contributed by atoms with Crippen molar-refractivity contribution in [2.45, 2.75) is 65.7 Å². The number of benzene rings is 4. The fourth-order valence-corrected chi connectivity index (χ4v) is 6.42. The van der Waals surface area contributed by atoms with Crippen molar-refractivity contribution < 1.29 is 29.4 Å². The fraction of sp³-hybridized carbons (Fsp3) is 0.238. The van der Waals surface area contributed by atoms with Crippen LogP contribution in [-0.2, 0) is 50.3 Å². The molecular formula is C42H42O6. The summed E-state index contributed by atoms with van der Waals surface area (Å²) in [5.74, 6) is -2.86. The van der Waals surface area contributed by atoms with Gasteiger partial charge in [-0.2, -0.15) is 0 Å². The van der Waals surface area contributed by atoms with Crippen molar-refractivity contribution in [3.05, 3.63) is 153 Å². The van der Waals surface area contributed by atoms with Crippen LogP contribution in [0.15, 0.2) is 103 Å². The Morgan fingerprint density at radius 2 is 1.00 bits per heavy atom. The zero-order valence-corrected chi connectivity index (χ0v) is 28.2. The molecule has 0 bridgehead atoms. The SMILES string of the molecule is CCc1cc(C(C)(c2ccc(-c3ccccc3)cc2)c2cc(C)c(CC(=O)/C=C/C(=O)O)c(CC)c2)cc(C)c1CC(=O)/C=C/C(=O)O. The average molecular weight is 643 g/mol. The molecule has 0 saturated heterocycles. The van der Waals surface area contributed by atoms with Gasteiger partial charge in [-0.15, -0.1) is 0 Å². The third kappa shape index (κ3) is 8.13. The Balaban J connectivity index is 1.90. The molecule has 0 aliphatic rings. The molecule has 0 fully saturated rings. The highest BCUT2D eigenvalue weighted by Gasteiger charge is 2.33. The van der Waals surface area contributed by atoms with Crippen LogP contribution < -0.4 is 0 Å². The second kappa shape index (κ2) is 15.5. The van der Waals surface area contributed by atoms with Crippen molar-refractivity contribution in [3.63, 3.8) is 0 Å². The Labute approximate surface area is 282 Å². The van der Waals surface area contributed by atoms with Gasteiger partial charge < -0.3 is 10.2 Å². The molecule has 48 heavy (non-hydrogen) atoms. The molecule has 6 heteroatoms. The lowest BCUT2D eigenvalue weighted by Crippen LogP contribution is -2.27. The Bertz CT molecular complexity index is 1800. The number of carboxylic acid groups (broad SMARTS) is 2. The maximum absolute atomic E-state index is 12.7. The highest BCUT2D eigenvalue weighted by molar-refractivity contribution is 5.97. The molecule has 2 N–H and O–H groups in total. The number of allylic oxidation sites excluding steroid dienone is 2. The predicted octanol–water partition coefficient (Wildman–Crippen LogP) is 7.95. The number of carbonyl (C=O) groups is 4. The first kappa shape index (κ1) is 35.5. The maximum Gasteiger partial charge on any atom is 0.328 e. The standard InChI is InChI=1S/C42H42O6/c1-6-29-23-34(21-27(3)38(29)25-36(43)17-19-40(45)46)42(5,33-15-13-32(14-16-33)31-11-9-8-10-12-31)35-22-28(4)39(30(7-2)24-35)26-37(44)18-20-41(47)48/h8-24H,6-7,25-26H2,1-5H3,(H,45,46)(H,47,48)/b19-17+,20-18+. The van der Waals surface area contributed by atoms with Gasteiger partial charge in [-0.3, -0.25) is 9.59 Å². The summed E-state index contributed by atoms with van der Waals surface area (Å²) in [6, 6.07) is 27.4. The minimum atomic E-state index is -1.16. The first-order chi connectivity index (χ1) is 22.9. The van der Waals surface area contributed by atoms with Gasteiger partial charge in [-0.05, 0) is 107 Å². The molecule has 4 rings (SSSR count). The maximum atomic E-state index is 12.7. The van der Waals surface area contributed by atoms with E-state index in [1.165, 1.54) is 0 Å². The fourth-order valence-electron chi connectivity index (χ4n) is 6.42. The molecule has 0 atom stereocenters. The molecule has 0 unspecified atom stereocenters. The Morgan fingerprint density at radius 3 is 1.40 bits per heavy atom. The minimum Gasteiger partial charge on any atom is -0.478 e. The van der Waals surface area contributed by atoms with Crippen molar-refractivity contribution >= 4 is 23.5 Å². The highest BCUT2D eigenvalue weighted by Crippen LogP contribution is 2.42. The number of aryl methyl sites for hydroxylation is 4. The van der Waals surface area contributed by atoms with Gasteiger partial charge in [0, 0.05) is 30.4 Å². The van der Waals surface area contributed by atoms with Crippen molar-refractivity contribution in [2.24, 2.45) is 0 Å². The lowest BCUT2D eigenvalue weighted by atomic mass is 9.68. The van der Waals surface area contributed by atoms with Gasteiger partial charge in [0.1, 0.15) is 0 Å². The summed E-state index contributed by atoms with van der Waals surface area (Å²) in [5.41, 5.74) is 10.5. The van der Waals surface area contributed by atoms with Crippen LogP contribution in [0.2, 0.25) is 0 Å². The topological polar surface area (TPSA) is 109 Å². The summed E-state index contributed by atoms with van der Waals surface area (Å²) in [4.78, 5) is 47.4. The molecule has 0 aliphatic heterocycles. The molecule has 0 heterocycles. The van der Waals surface area contributed by atoms with E-state index in [0.29, 0.717) is 12.8 Å². The number of carbonyl (C=O) groups excluding carboxylic acids is 2. The Kier molecular flexibility index (Phi) is 11.5. The van der Waals surface area contributed by atoms with E-state index in [4.69, 9.17) is 10.2 Å². The molecule has 0 spiro atoms. The van der Waals surface area contributed by atoms with Crippen LogP contribution in [0, 0.1) is 13.8 Å². The van der Waals surface area contributed by atoms with Crippen molar-refractivity contribution in [3.8, 4) is 11.1 Å². The second-order valence-corrected chi connectivity index (χ2v) is 12.3. The van der Waals surface area contributed by atoms with Gasteiger partial charge in [0.2, 0.25) is 0 Å². The number of hydrogen-bond acceptors (Lipinski definition) is 4. The van der Waals surface area contributed by atoms with E-state index >= 15 is 0 Å². The molecule has 246 valence electrons. The first-order valence-corrected chi connectivity index (χ1v) is 16.2. The molecule has 4 aromatic rings.